The zero-order valence-electron chi connectivity index (χ0n) is 8.34. The molecule has 0 aromatic heterocycles. The predicted molar refractivity (Wildman–Crippen MR) is 69.8 cm³/mol. The first-order chi connectivity index (χ1) is 7.52. The molecule has 0 saturated heterocycles. The van der Waals surface area contributed by atoms with Crippen LogP contribution in [0, 0.1) is 0 Å². The maximum Gasteiger partial charge on any atom is 0.234 e. The van der Waals surface area contributed by atoms with Crippen molar-refractivity contribution >= 4 is 45.0 Å². The van der Waals surface area contributed by atoms with Gasteiger partial charge in [-0.05, 0) is 23.8 Å². The van der Waals surface area contributed by atoms with Crippen LogP contribution in [0.3, 0.4) is 0 Å². The molecule has 0 aliphatic heterocycles. The van der Waals surface area contributed by atoms with Crippen molar-refractivity contribution in [2.75, 3.05) is 12.4 Å². The van der Waals surface area contributed by atoms with E-state index >= 15 is 0 Å². The Morgan fingerprint density at radius 1 is 1.50 bits per heavy atom. The van der Waals surface area contributed by atoms with E-state index in [0.29, 0.717) is 11.6 Å². The van der Waals surface area contributed by atoms with E-state index in [9.17, 15) is 4.79 Å². The summed E-state index contributed by atoms with van der Waals surface area (Å²) in [5, 5.41) is 3.22. The number of alkyl halides is 1. The maximum absolute atomic E-state index is 10.9. The minimum atomic E-state index is -0.304. The lowest BCUT2D eigenvalue weighted by Crippen LogP contribution is -2.32. The molecule has 1 aromatic carbocycles. The number of amides is 1. The molecule has 1 amide bonds. The molecule has 0 fully saturated rings. The van der Waals surface area contributed by atoms with Gasteiger partial charge in [0, 0.05) is 22.1 Å². The van der Waals surface area contributed by atoms with Crippen molar-refractivity contribution in [3.63, 3.8) is 0 Å². The number of hydrogen-bond donors (Lipinski definition) is 2. The van der Waals surface area contributed by atoms with Gasteiger partial charge in [-0.2, -0.15) is 0 Å². The van der Waals surface area contributed by atoms with E-state index in [2.05, 4.69) is 21.2 Å². The van der Waals surface area contributed by atoms with Crippen LogP contribution < -0.4 is 11.1 Å². The summed E-state index contributed by atoms with van der Waals surface area (Å²) < 4.78 is 0.856. The Morgan fingerprint density at radius 2 is 2.19 bits per heavy atom. The second-order valence-electron chi connectivity index (χ2n) is 3.25. The summed E-state index contributed by atoms with van der Waals surface area (Å²) in [4.78, 5) is 10.9. The average Bonchev–Trinajstić information content (AvgIpc) is 2.23. The number of hydrogen-bond acceptors (Lipinski definition) is 2. The monoisotopic (exact) mass is 324 g/mol. The zero-order chi connectivity index (χ0) is 12.1. The zero-order valence-corrected chi connectivity index (χ0v) is 11.4. The fourth-order valence-corrected chi connectivity index (χ4v) is 2.16. The smallest absolute Gasteiger partial charge is 0.234 e. The molecular weight excluding hydrogens is 315 g/mol. The van der Waals surface area contributed by atoms with Gasteiger partial charge in [0.2, 0.25) is 5.91 Å². The number of benzene rings is 1. The highest BCUT2D eigenvalue weighted by Gasteiger charge is 2.09. The number of rotatable bonds is 4. The van der Waals surface area contributed by atoms with Crippen molar-refractivity contribution in [1.82, 2.24) is 5.32 Å². The number of nitrogens with two attached hydrogens (primary N) is 1. The van der Waals surface area contributed by atoms with E-state index in [1.165, 1.54) is 0 Å². The van der Waals surface area contributed by atoms with Gasteiger partial charge in [-0.15, -0.1) is 11.6 Å². The van der Waals surface area contributed by atoms with Crippen molar-refractivity contribution < 1.29 is 4.79 Å². The highest BCUT2D eigenvalue weighted by molar-refractivity contribution is 9.10. The normalized spacial score (nSPS) is 12.2. The summed E-state index contributed by atoms with van der Waals surface area (Å²) in [6.45, 7) is 0.332. The molecule has 0 aliphatic carbocycles. The van der Waals surface area contributed by atoms with Gasteiger partial charge in [-0.1, -0.05) is 27.5 Å². The lowest BCUT2D eigenvalue weighted by atomic mass is 10.1. The number of nitrogens with one attached hydrogen (secondary N) is 1. The van der Waals surface area contributed by atoms with Gasteiger partial charge in [0.15, 0.2) is 0 Å². The number of carbonyl (C=O) groups excluding carboxylic acids is 1. The summed E-state index contributed by atoms with van der Waals surface area (Å²) >= 11 is 14.6. The molecule has 0 saturated carbocycles. The molecule has 3 nitrogen and oxygen atoms in total. The largest absolute Gasteiger partial charge is 0.353 e. The molecule has 0 aliphatic rings. The fraction of sp³-hybridized carbons (Fsp3) is 0.300. The molecule has 0 heterocycles. The second kappa shape index (κ2) is 6.45. The average molecular weight is 326 g/mol. The van der Waals surface area contributed by atoms with Crippen molar-refractivity contribution in [1.29, 1.82) is 0 Å². The summed E-state index contributed by atoms with van der Waals surface area (Å²) in [5.74, 6) is -0.301. The number of halogens is 3. The van der Waals surface area contributed by atoms with Crippen LogP contribution in [-0.2, 0) is 4.79 Å². The SMILES string of the molecule is NC(CNC(=O)CCl)c1cc(Cl)cc(Br)c1. The minimum Gasteiger partial charge on any atom is -0.353 e. The maximum atomic E-state index is 10.9. The molecule has 1 unspecified atom stereocenters. The first kappa shape index (κ1) is 13.8. The summed E-state index contributed by atoms with van der Waals surface area (Å²) in [6, 6.07) is 5.10. The molecule has 3 N–H and O–H groups in total. The van der Waals surface area contributed by atoms with Crippen LogP contribution in [0.5, 0.6) is 0 Å². The quantitative estimate of drug-likeness (QED) is 0.835. The van der Waals surface area contributed by atoms with Gasteiger partial charge in [-0.25, -0.2) is 0 Å². The van der Waals surface area contributed by atoms with Crippen LogP contribution in [0.4, 0.5) is 0 Å². The van der Waals surface area contributed by atoms with Crippen molar-refractivity contribution in [2.45, 2.75) is 6.04 Å². The molecule has 6 heteroatoms. The summed E-state index contributed by atoms with van der Waals surface area (Å²) in [6.07, 6.45) is 0. The summed E-state index contributed by atoms with van der Waals surface area (Å²) in [7, 11) is 0. The van der Waals surface area contributed by atoms with Gasteiger partial charge < -0.3 is 11.1 Å². The van der Waals surface area contributed by atoms with Crippen molar-refractivity contribution in [3.05, 3.63) is 33.3 Å². The van der Waals surface area contributed by atoms with Gasteiger partial charge in [0.25, 0.3) is 0 Å². The van der Waals surface area contributed by atoms with E-state index in [1.54, 1.807) is 12.1 Å². The third-order valence-corrected chi connectivity index (χ3v) is 2.87. The fourth-order valence-electron chi connectivity index (χ4n) is 1.18. The second-order valence-corrected chi connectivity index (χ2v) is 4.87. The first-order valence-electron chi connectivity index (χ1n) is 4.57. The molecule has 1 rings (SSSR count). The first-order valence-corrected chi connectivity index (χ1v) is 6.27. The van der Waals surface area contributed by atoms with Crippen LogP contribution in [0.1, 0.15) is 11.6 Å². The van der Waals surface area contributed by atoms with Crippen LogP contribution in [0.2, 0.25) is 5.02 Å². The Balaban J connectivity index is 2.65. The highest BCUT2D eigenvalue weighted by atomic mass is 79.9. The van der Waals surface area contributed by atoms with E-state index in [1.807, 2.05) is 6.07 Å². The Morgan fingerprint density at radius 3 is 2.75 bits per heavy atom. The molecular formula is C10H11BrCl2N2O. The van der Waals surface area contributed by atoms with E-state index in [-0.39, 0.29) is 17.8 Å². The van der Waals surface area contributed by atoms with E-state index in [4.69, 9.17) is 28.9 Å². The third kappa shape index (κ3) is 4.29. The molecule has 0 spiro atoms. The van der Waals surface area contributed by atoms with Gasteiger partial charge in [-0.3, -0.25) is 4.79 Å². The third-order valence-electron chi connectivity index (χ3n) is 1.95. The van der Waals surface area contributed by atoms with Gasteiger partial charge in [0.1, 0.15) is 5.88 Å². The molecule has 16 heavy (non-hydrogen) atoms. The van der Waals surface area contributed by atoms with Crippen LogP contribution in [-0.4, -0.2) is 18.3 Å². The van der Waals surface area contributed by atoms with E-state index in [0.717, 1.165) is 10.0 Å². The van der Waals surface area contributed by atoms with Crippen LogP contribution in [0.15, 0.2) is 22.7 Å². The predicted octanol–water partition coefficient (Wildman–Crippen LogP) is 2.46. The van der Waals surface area contributed by atoms with E-state index < -0.39 is 0 Å². The highest BCUT2D eigenvalue weighted by Crippen LogP contribution is 2.22. The molecule has 0 bridgehead atoms. The van der Waals surface area contributed by atoms with Gasteiger partial charge in [0.05, 0.1) is 0 Å². The summed E-state index contributed by atoms with van der Waals surface area (Å²) in [5.41, 5.74) is 6.75. The number of carbonyl (C=O) groups is 1. The Kier molecular flexibility index (Phi) is 5.55. The standard InChI is InChI=1S/C10H11BrCl2N2O/c11-7-1-6(2-8(13)3-7)9(14)5-15-10(16)4-12/h1-3,9H,4-5,14H2,(H,15,16). The lowest BCUT2D eigenvalue weighted by molar-refractivity contribution is -0.118. The Hall–Kier alpha value is -0.290. The molecule has 1 aromatic rings. The molecule has 88 valence electrons. The van der Waals surface area contributed by atoms with Crippen molar-refractivity contribution in [3.8, 4) is 0 Å². The lowest BCUT2D eigenvalue weighted by Gasteiger charge is -2.13. The Bertz CT molecular complexity index is 367. The van der Waals surface area contributed by atoms with Crippen LogP contribution >= 0.6 is 39.1 Å². The van der Waals surface area contributed by atoms with Crippen LogP contribution in [0.25, 0.3) is 0 Å². The topological polar surface area (TPSA) is 55.1 Å². The van der Waals surface area contributed by atoms with Gasteiger partial charge >= 0.3 is 0 Å². The Labute approximate surface area is 112 Å². The molecule has 1 atom stereocenters. The van der Waals surface area contributed by atoms with Crippen molar-refractivity contribution in [2.24, 2.45) is 5.73 Å². The molecule has 0 radical (unpaired) electrons. The minimum absolute atomic E-state index is 0.0635.